The smallest absolute Gasteiger partial charge is 0.229 e. The van der Waals surface area contributed by atoms with Crippen molar-refractivity contribution in [1.29, 1.82) is 0 Å². The molecule has 1 aromatic carbocycles. The van der Waals surface area contributed by atoms with E-state index in [1.165, 1.54) is 11.1 Å². The monoisotopic (exact) mass is 328 g/mol. The van der Waals surface area contributed by atoms with Gasteiger partial charge in [0, 0.05) is 25.5 Å². The number of aromatic nitrogens is 2. The first kappa shape index (κ1) is 18.2. The fourth-order valence-corrected chi connectivity index (χ4v) is 2.61. The topological polar surface area (TPSA) is 59.1 Å². The maximum absolute atomic E-state index is 5.05. The lowest BCUT2D eigenvalue weighted by Crippen LogP contribution is -2.10. The van der Waals surface area contributed by atoms with Crippen LogP contribution in [-0.4, -0.2) is 30.2 Å². The molecule has 0 fully saturated rings. The van der Waals surface area contributed by atoms with Crippen molar-refractivity contribution in [3.05, 3.63) is 41.6 Å². The van der Waals surface area contributed by atoms with Crippen molar-refractivity contribution >= 4 is 17.5 Å². The minimum atomic E-state index is 0.425. The second-order valence-electron chi connectivity index (χ2n) is 6.43. The van der Waals surface area contributed by atoms with Crippen molar-refractivity contribution < 1.29 is 4.74 Å². The van der Waals surface area contributed by atoms with E-state index in [4.69, 9.17) is 4.74 Å². The van der Waals surface area contributed by atoms with Crippen LogP contribution >= 0.6 is 0 Å². The molecule has 0 aliphatic heterocycles. The third-order valence-corrected chi connectivity index (χ3v) is 3.88. The molecule has 0 amide bonds. The Morgan fingerprint density at radius 1 is 1.04 bits per heavy atom. The SMILES string of the molecule is COCCNc1ccnc(Nc2c(C(C)C)cccc2C(C)C)n1. The summed E-state index contributed by atoms with van der Waals surface area (Å²) in [6.07, 6.45) is 1.76. The number of nitrogens with zero attached hydrogens (tertiary/aromatic N) is 2. The Hall–Kier alpha value is -2.14. The first-order chi connectivity index (χ1) is 11.5. The molecule has 0 saturated carbocycles. The molecule has 24 heavy (non-hydrogen) atoms. The number of nitrogens with one attached hydrogen (secondary N) is 2. The van der Waals surface area contributed by atoms with Gasteiger partial charge in [-0.15, -0.1) is 0 Å². The van der Waals surface area contributed by atoms with Gasteiger partial charge in [-0.25, -0.2) is 4.98 Å². The predicted octanol–water partition coefficient (Wildman–Crippen LogP) is 4.53. The van der Waals surface area contributed by atoms with Gasteiger partial charge in [0.1, 0.15) is 5.82 Å². The standard InChI is InChI=1S/C19H28N4O/c1-13(2)15-7-6-8-16(14(3)4)18(15)23-19-21-10-9-17(22-19)20-11-12-24-5/h6-10,13-14H,11-12H2,1-5H3,(H2,20,21,22,23). The first-order valence-electron chi connectivity index (χ1n) is 8.48. The fraction of sp³-hybridized carbons (Fsp3) is 0.474. The highest BCUT2D eigenvalue weighted by Crippen LogP contribution is 2.33. The molecular formula is C19H28N4O. The Kier molecular flexibility index (Phi) is 6.55. The van der Waals surface area contributed by atoms with Crippen molar-refractivity contribution in [3.8, 4) is 0 Å². The van der Waals surface area contributed by atoms with E-state index in [2.05, 4.69) is 66.5 Å². The summed E-state index contributed by atoms with van der Waals surface area (Å²) in [4.78, 5) is 8.92. The lowest BCUT2D eigenvalue weighted by atomic mass is 9.93. The third kappa shape index (κ3) is 4.68. The molecule has 0 spiro atoms. The third-order valence-electron chi connectivity index (χ3n) is 3.88. The highest BCUT2D eigenvalue weighted by atomic mass is 16.5. The van der Waals surface area contributed by atoms with Gasteiger partial charge < -0.3 is 15.4 Å². The van der Waals surface area contributed by atoms with Crippen LogP contribution in [0.15, 0.2) is 30.5 Å². The van der Waals surface area contributed by atoms with Gasteiger partial charge in [0.25, 0.3) is 0 Å². The Bertz CT molecular complexity index is 629. The summed E-state index contributed by atoms with van der Waals surface area (Å²) in [7, 11) is 1.69. The largest absolute Gasteiger partial charge is 0.383 e. The second kappa shape index (κ2) is 8.64. The Morgan fingerprint density at radius 2 is 1.71 bits per heavy atom. The van der Waals surface area contributed by atoms with Gasteiger partial charge in [0.2, 0.25) is 5.95 Å². The molecule has 0 unspecified atom stereocenters. The summed E-state index contributed by atoms with van der Waals surface area (Å²) < 4.78 is 5.05. The number of rotatable bonds is 8. The van der Waals surface area contributed by atoms with Crippen LogP contribution in [0.3, 0.4) is 0 Å². The average molecular weight is 328 g/mol. The molecule has 5 heteroatoms. The van der Waals surface area contributed by atoms with Crippen LogP contribution in [0, 0.1) is 0 Å². The van der Waals surface area contributed by atoms with E-state index >= 15 is 0 Å². The predicted molar refractivity (Wildman–Crippen MR) is 100 cm³/mol. The zero-order chi connectivity index (χ0) is 17.5. The number of benzene rings is 1. The number of hydrogen-bond acceptors (Lipinski definition) is 5. The van der Waals surface area contributed by atoms with Crippen LogP contribution < -0.4 is 10.6 Å². The molecule has 0 bridgehead atoms. The summed E-state index contributed by atoms with van der Waals surface area (Å²) in [6, 6.07) is 8.32. The van der Waals surface area contributed by atoms with E-state index in [1.54, 1.807) is 13.3 Å². The first-order valence-corrected chi connectivity index (χ1v) is 8.48. The van der Waals surface area contributed by atoms with Gasteiger partial charge in [-0.2, -0.15) is 4.98 Å². The highest BCUT2D eigenvalue weighted by molar-refractivity contribution is 5.65. The molecule has 2 N–H and O–H groups in total. The molecule has 1 aromatic heterocycles. The van der Waals surface area contributed by atoms with Gasteiger partial charge in [-0.3, -0.25) is 0 Å². The number of ether oxygens (including phenoxy) is 1. The molecule has 5 nitrogen and oxygen atoms in total. The fourth-order valence-electron chi connectivity index (χ4n) is 2.61. The van der Waals surface area contributed by atoms with Gasteiger partial charge in [-0.1, -0.05) is 45.9 Å². The lowest BCUT2D eigenvalue weighted by molar-refractivity contribution is 0.210. The molecule has 1 heterocycles. The van der Waals surface area contributed by atoms with Crippen molar-refractivity contribution in [2.24, 2.45) is 0 Å². The molecule has 0 atom stereocenters. The van der Waals surface area contributed by atoms with Crippen LogP contribution in [0.1, 0.15) is 50.7 Å². The van der Waals surface area contributed by atoms with Crippen molar-refractivity contribution in [2.75, 3.05) is 30.9 Å². The average Bonchev–Trinajstić information content (AvgIpc) is 2.55. The molecule has 0 saturated heterocycles. The van der Waals surface area contributed by atoms with Crippen molar-refractivity contribution in [1.82, 2.24) is 9.97 Å². The zero-order valence-corrected chi connectivity index (χ0v) is 15.3. The quantitative estimate of drug-likeness (QED) is 0.697. The van der Waals surface area contributed by atoms with Gasteiger partial charge >= 0.3 is 0 Å². The molecule has 0 aliphatic carbocycles. The van der Waals surface area contributed by atoms with Crippen LogP contribution in [0.2, 0.25) is 0 Å². The zero-order valence-electron chi connectivity index (χ0n) is 15.3. The number of para-hydroxylation sites is 1. The van der Waals surface area contributed by atoms with Crippen LogP contribution in [0.5, 0.6) is 0 Å². The summed E-state index contributed by atoms with van der Waals surface area (Å²) in [5, 5.41) is 6.67. The van der Waals surface area contributed by atoms with E-state index in [0.29, 0.717) is 30.9 Å². The molecule has 2 rings (SSSR count). The van der Waals surface area contributed by atoms with Gasteiger partial charge in [0.05, 0.1) is 6.61 Å². The van der Waals surface area contributed by atoms with Gasteiger partial charge in [-0.05, 0) is 29.0 Å². The normalized spacial score (nSPS) is 11.1. The summed E-state index contributed by atoms with van der Waals surface area (Å²) in [6.45, 7) is 10.2. The maximum atomic E-state index is 5.05. The number of methoxy groups -OCH3 is 1. The van der Waals surface area contributed by atoms with Crippen LogP contribution in [0.25, 0.3) is 0 Å². The van der Waals surface area contributed by atoms with Crippen molar-refractivity contribution in [2.45, 2.75) is 39.5 Å². The maximum Gasteiger partial charge on any atom is 0.229 e. The minimum Gasteiger partial charge on any atom is -0.383 e. The summed E-state index contributed by atoms with van der Waals surface area (Å²) in [5.74, 6) is 2.24. The Balaban J connectivity index is 2.28. The molecular weight excluding hydrogens is 300 g/mol. The Labute approximate surface area is 144 Å². The van der Waals surface area contributed by atoms with E-state index in [0.717, 1.165) is 11.5 Å². The number of hydrogen-bond donors (Lipinski definition) is 2. The molecule has 130 valence electrons. The minimum absolute atomic E-state index is 0.425. The van der Waals surface area contributed by atoms with Crippen LogP contribution in [-0.2, 0) is 4.74 Å². The molecule has 0 radical (unpaired) electrons. The van der Waals surface area contributed by atoms with E-state index in [1.807, 2.05) is 6.07 Å². The van der Waals surface area contributed by atoms with Gasteiger partial charge in [0.15, 0.2) is 0 Å². The van der Waals surface area contributed by atoms with Crippen LogP contribution in [0.4, 0.5) is 17.5 Å². The summed E-state index contributed by atoms with van der Waals surface area (Å²) >= 11 is 0. The second-order valence-corrected chi connectivity index (χ2v) is 6.43. The Morgan fingerprint density at radius 3 is 2.29 bits per heavy atom. The van der Waals surface area contributed by atoms with E-state index in [9.17, 15) is 0 Å². The lowest BCUT2D eigenvalue weighted by Gasteiger charge is -2.20. The summed E-state index contributed by atoms with van der Waals surface area (Å²) in [5.41, 5.74) is 3.68. The van der Waals surface area contributed by atoms with E-state index in [-0.39, 0.29) is 0 Å². The number of anilines is 3. The molecule has 2 aromatic rings. The molecule has 0 aliphatic rings. The highest BCUT2D eigenvalue weighted by Gasteiger charge is 2.14. The van der Waals surface area contributed by atoms with E-state index < -0.39 is 0 Å². The van der Waals surface area contributed by atoms with Crippen molar-refractivity contribution in [3.63, 3.8) is 0 Å².